The molecule has 0 saturated heterocycles. The van der Waals surface area contributed by atoms with Gasteiger partial charge >= 0.3 is 6.18 Å². The van der Waals surface area contributed by atoms with Crippen LogP contribution in [0.4, 0.5) is 19.1 Å². The number of benzene rings is 1. The predicted octanol–water partition coefficient (Wildman–Crippen LogP) is 3.15. The molecule has 8 nitrogen and oxygen atoms in total. The second-order valence-electron chi connectivity index (χ2n) is 6.32. The van der Waals surface area contributed by atoms with Crippen LogP contribution >= 0.6 is 0 Å². The van der Waals surface area contributed by atoms with E-state index in [-0.39, 0.29) is 11.6 Å². The molecule has 0 aliphatic rings. The highest BCUT2D eigenvalue weighted by molar-refractivity contribution is 5.82. The summed E-state index contributed by atoms with van der Waals surface area (Å²) in [6, 6.07) is 8.23. The van der Waals surface area contributed by atoms with Gasteiger partial charge in [0.1, 0.15) is 12.3 Å². The molecule has 0 saturated carbocycles. The van der Waals surface area contributed by atoms with E-state index in [4.69, 9.17) is 4.74 Å². The number of aromatic amines is 1. The largest absolute Gasteiger partial charge is 0.497 e. The number of rotatable bonds is 5. The van der Waals surface area contributed by atoms with Gasteiger partial charge in [-0.05, 0) is 30.3 Å². The van der Waals surface area contributed by atoms with E-state index in [1.807, 2.05) is 0 Å². The molecule has 0 spiro atoms. The molecule has 0 unspecified atom stereocenters. The fourth-order valence-corrected chi connectivity index (χ4v) is 2.94. The third kappa shape index (κ3) is 3.81. The van der Waals surface area contributed by atoms with Crippen LogP contribution in [-0.2, 0) is 0 Å². The minimum atomic E-state index is -4.43. The zero-order valence-corrected chi connectivity index (χ0v) is 15.6. The molecule has 154 valence electrons. The van der Waals surface area contributed by atoms with Gasteiger partial charge in [-0.2, -0.15) is 23.3 Å². The highest BCUT2D eigenvalue weighted by atomic mass is 19.4. The Kier molecular flexibility index (Phi) is 4.86. The quantitative estimate of drug-likeness (QED) is 0.519. The van der Waals surface area contributed by atoms with Gasteiger partial charge in [-0.3, -0.25) is 14.5 Å². The van der Waals surface area contributed by atoms with E-state index in [0.717, 1.165) is 0 Å². The Morgan fingerprint density at radius 1 is 1.20 bits per heavy atom. The van der Waals surface area contributed by atoms with Crippen LogP contribution < -0.4 is 15.6 Å². The van der Waals surface area contributed by atoms with Gasteiger partial charge in [-0.25, -0.2) is 4.98 Å². The van der Waals surface area contributed by atoms with Crippen LogP contribution in [0.25, 0.3) is 27.8 Å². The lowest BCUT2D eigenvalue weighted by molar-refractivity contribution is -0.115. The average molecular weight is 416 g/mol. The lowest BCUT2D eigenvalue weighted by Crippen LogP contribution is -2.24. The van der Waals surface area contributed by atoms with Crippen molar-refractivity contribution in [1.29, 1.82) is 0 Å². The first kappa shape index (κ1) is 19.4. The molecule has 0 radical (unpaired) electrons. The summed E-state index contributed by atoms with van der Waals surface area (Å²) in [5.74, 6) is 0.349. The number of methoxy groups -OCH3 is 1. The summed E-state index contributed by atoms with van der Waals surface area (Å²) in [6.07, 6.45) is 0.00524. The molecule has 3 heterocycles. The standard InChI is InChI=1S/C19H15F3N6O2/c1-30-14-4-2-13(3-5-14)28-16-11(6-15(17(28)29)12-8-25-26-9-12)7-23-18(27-16)24-10-19(20,21)22/h2-9H,10H2,1H3,(H,25,26)(H,23,24,27). The van der Waals surface area contributed by atoms with Crippen molar-refractivity contribution in [2.24, 2.45) is 0 Å². The minimum Gasteiger partial charge on any atom is -0.497 e. The number of hydrogen-bond donors (Lipinski definition) is 2. The third-order valence-corrected chi connectivity index (χ3v) is 4.33. The van der Waals surface area contributed by atoms with Crippen LogP contribution in [0.1, 0.15) is 0 Å². The molecule has 3 aromatic heterocycles. The molecule has 0 aliphatic heterocycles. The number of pyridine rings is 1. The highest BCUT2D eigenvalue weighted by Gasteiger charge is 2.27. The van der Waals surface area contributed by atoms with E-state index >= 15 is 0 Å². The summed E-state index contributed by atoms with van der Waals surface area (Å²) in [4.78, 5) is 21.4. The molecule has 30 heavy (non-hydrogen) atoms. The number of nitrogens with zero attached hydrogens (tertiary/aromatic N) is 4. The van der Waals surface area contributed by atoms with E-state index in [1.54, 1.807) is 36.5 Å². The number of fused-ring (bicyclic) bond motifs is 1. The summed E-state index contributed by atoms with van der Waals surface area (Å²) >= 11 is 0. The zero-order valence-electron chi connectivity index (χ0n) is 15.6. The molecule has 4 aromatic rings. The maximum atomic E-state index is 13.3. The predicted molar refractivity (Wildman–Crippen MR) is 104 cm³/mol. The fraction of sp³-hybridized carbons (Fsp3) is 0.158. The monoisotopic (exact) mass is 416 g/mol. The number of anilines is 1. The van der Waals surface area contributed by atoms with Crippen molar-refractivity contribution in [3.63, 3.8) is 0 Å². The van der Waals surface area contributed by atoms with Crippen molar-refractivity contribution < 1.29 is 17.9 Å². The topological polar surface area (TPSA) is 97.7 Å². The molecule has 0 atom stereocenters. The lowest BCUT2D eigenvalue weighted by Gasteiger charge is -2.14. The Bertz CT molecular complexity index is 1230. The number of hydrogen-bond acceptors (Lipinski definition) is 6. The summed E-state index contributed by atoms with van der Waals surface area (Å²) in [5.41, 5.74) is 1.12. The number of H-pyrrole nitrogens is 1. The number of ether oxygens (including phenoxy) is 1. The van der Waals surface area contributed by atoms with Crippen LogP contribution in [0.5, 0.6) is 5.75 Å². The van der Waals surface area contributed by atoms with E-state index in [9.17, 15) is 18.0 Å². The molecule has 0 aliphatic carbocycles. The van der Waals surface area contributed by atoms with Crippen molar-refractivity contribution in [2.75, 3.05) is 19.0 Å². The average Bonchev–Trinajstić information content (AvgIpc) is 3.26. The van der Waals surface area contributed by atoms with Gasteiger partial charge < -0.3 is 10.1 Å². The molecule has 0 bridgehead atoms. The molecule has 4 rings (SSSR count). The number of aromatic nitrogens is 5. The van der Waals surface area contributed by atoms with Crippen molar-refractivity contribution in [2.45, 2.75) is 6.18 Å². The summed E-state index contributed by atoms with van der Waals surface area (Å²) < 4.78 is 44.1. The molecular formula is C19H15F3N6O2. The fourth-order valence-electron chi connectivity index (χ4n) is 2.94. The Hall–Kier alpha value is -3.89. The highest BCUT2D eigenvalue weighted by Crippen LogP contribution is 2.24. The normalized spacial score (nSPS) is 11.6. The molecule has 2 N–H and O–H groups in total. The van der Waals surface area contributed by atoms with Crippen LogP contribution in [0.3, 0.4) is 0 Å². The SMILES string of the molecule is COc1ccc(-n2c(=O)c(-c3cn[nH]c3)cc3cnc(NCC(F)(F)F)nc32)cc1. The van der Waals surface area contributed by atoms with Gasteiger partial charge in [-0.1, -0.05) is 0 Å². The summed E-state index contributed by atoms with van der Waals surface area (Å²) in [7, 11) is 1.52. The van der Waals surface area contributed by atoms with E-state index in [0.29, 0.717) is 28.0 Å². The van der Waals surface area contributed by atoms with E-state index in [2.05, 4.69) is 25.5 Å². The zero-order chi connectivity index (χ0) is 21.3. The van der Waals surface area contributed by atoms with Crippen LogP contribution in [0.2, 0.25) is 0 Å². The Balaban J connectivity index is 1.93. The first-order valence-corrected chi connectivity index (χ1v) is 8.73. The maximum absolute atomic E-state index is 13.3. The molecule has 11 heteroatoms. The van der Waals surface area contributed by atoms with Crippen molar-refractivity contribution >= 4 is 17.0 Å². The molecular weight excluding hydrogens is 401 g/mol. The van der Waals surface area contributed by atoms with Crippen molar-refractivity contribution in [1.82, 2.24) is 24.7 Å². The van der Waals surface area contributed by atoms with Crippen LogP contribution in [0, 0.1) is 0 Å². The summed E-state index contributed by atoms with van der Waals surface area (Å²) in [6.45, 7) is -1.29. The van der Waals surface area contributed by atoms with Gasteiger partial charge in [0, 0.05) is 23.3 Å². The van der Waals surface area contributed by atoms with E-state index < -0.39 is 18.3 Å². The van der Waals surface area contributed by atoms with E-state index in [1.165, 1.54) is 24.1 Å². The first-order chi connectivity index (χ1) is 14.4. The number of nitrogens with one attached hydrogen (secondary N) is 2. The number of halogens is 3. The minimum absolute atomic E-state index is 0.164. The molecule has 1 aromatic carbocycles. The van der Waals surface area contributed by atoms with Gasteiger partial charge in [0.25, 0.3) is 5.56 Å². The van der Waals surface area contributed by atoms with Gasteiger partial charge in [-0.15, -0.1) is 0 Å². The maximum Gasteiger partial charge on any atom is 0.405 e. The van der Waals surface area contributed by atoms with Gasteiger partial charge in [0.2, 0.25) is 5.95 Å². The molecule has 0 amide bonds. The molecule has 0 fully saturated rings. The summed E-state index contributed by atoms with van der Waals surface area (Å²) in [5, 5.41) is 9.13. The Labute approximate surface area is 167 Å². The third-order valence-electron chi connectivity index (χ3n) is 4.33. The first-order valence-electron chi connectivity index (χ1n) is 8.73. The van der Waals surface area contributed by atoms with Crippen LogP contribution in [-0.4, -0.2) is 44.6 Å². The Morgan fingerprint density at radius 3 is 2.60 bits per heavy atom. The second kappa shape index (κ2) is 7.50. The number of alkyl halides is 3. The lowest BCUT2D eigenvalue weighted by atomic mass is 10.1. The van der Waals surface area contributed by atoms with Crippen molar-refractivity contribution in [3.8, 4) is 22.6 Å². The second-order valence-corrected chi connectivity index (χ2v) is 6.32. The van der Waals surface area contributed by atoms with Crippen molar-refractivity contribution in [3.05, 3.63) is 59.3 Å². The Morgan fingerprint density at radius 2 is 1.97 bits per heavy atom. The smallest absolute Gasteiger partial charge is 0.405 e. The van der Waals surface area contributed by atoms with Crippen LogP contribution in [0.15, 0.2) is 53.7 Å². The van der Waals surface area contributed by atoms with Gasteiger partial charge in [0.15, 0.2) is 5.65 Å². The van der Waals surface area contributed by atoms with Gasteiger partial charge in [0.05, 0.1) is 24.6 Å².